The average molecular weight is 398 g/mol. The third kappa shape index (κ3) is 4.56. The van der Waals surface area contributed by atoms with E-state index >= 15 is 0 Å². The first-order chi connectivity index (χ1) is 8.45. The van der Waals surface area contributed by atoms with Crippen molar-refractivity contribution in [2.24, 2.45) is 5.92 Å². The summed E-state index contributed by atoms with van der Waals surface area (Å²) in [4.78, 5) is 12.1. The fraction of sp³-hybridized carbons (Fsp3) is 0.462. The highest BCUT2D eigenvalue weighted by Gasteiger charge is 2.17. The molecule has 0 bridgehead atoms. The van der Waals surface area contributed by atoms with E-state index in [1.165, 1.54) is 0 Å². The van der Waals surface area contributed by atoms with Crippen molar-refractivity contribution in [2.45, 2.75) is 26.3 Å². The minimum absolute atomic E-state index is 0.118. The maximum absolute atomic E-state index is 12.1. The molecule has 5 heteroatoms. The molecule has 2 nitrogen and oxygen atoms in total. The molecule has 18 heavy (non-hydrogen) atoms. The predicted octanol–water partition coefficient (Wildman–Crippen LogP) is 4.64. The quantitative estimate of drug-likeness (QED) is 0.721. The Kier molecular flexibility index (Phi) is 6.67. The van der Waals surface area contributed by atoms with Crippen LogP contribution >= 0.6 is 43.5 Å². The summed E-state index contributed by atoms with van der Waals surface area (Å²) in [6.45, 7) is 4.27. The first kappa shape index (κ1) is 16.0. The molecule has 1 aromatic carbocycles. The normalized spacial score (nSPS) is 12.6. The van der Waals surface area contributed by atoms with Crippen molar-refractivity contribution in [1.82, 2.24) is 5.32 Å². The highest BCUT2D eigenvalue weighted by molar-refractivity contribution is 9.10. The lowest BCUT2D eigenvalue weighted by atomic mass is 10.0. The first-order valence-electron chi connectivity index (χ1n) is 5.76. The molecule has 0 radical (unpaired) electrons. The van der Waals surface area contributed by atoms with Crippen molar-refractivity contribution in [3.05, 3.63) is 33.3 Å². The lowest BCUT2D eigenvalue weighted by Gasteiger charge is -2.18. The molecule has 100 valence electrons. The van der Waals surface area contributed by atoms with Gasteiger partial charge in [-0.05, 0) is 40.4 Å². The maximum atomic E-state index is 12.1. The molecule has 0 aliphatic rings. The largest absolute Gasteiger partial charge is 0.348 e. The van der Waals surface area contributed by atoms with Crippen LogP contribution in [-0.4, -0.2) is 17.3 Å². The van der Waals surface area contributed by atoms with Crippen LogP contribution < -0.4 is 5.32 Å². The Bertz CT molecular complexity index is 423. The molecule has 1 rings (SSSR count). The van der Waals surface area contributed by atoms with E-state index in [2.05, 4.69) is 51.0 Å². The smallest absolute Gasteiger partial charge is 0.253 e. The molecule has 1 atom stereocenters. The summed E-state index contributed by atoms with van der Waals surface area (Å²) >= 11 is 12.8. The molecule has 0 fully saturated rings. The Morgan fingerprint density at radius 1 is 1.44 bits per heavy atom. The average Bonchev–Trinajstić information content (AvgIpc) is 2.31. The maximum Gasteiger partial charge on any atom is 0.253 e. The summed E-state index contributed by atoms with van der Waals surface area (Å²) in [5.41, 5.74) is 0.501. The van der Waals surface area contributed by atoms with E-state index < -0.39 is 0 Å². The van der Waals surface area contributed by atoms with Crippen LogP contribution in [-0.2, 0) is 0 Å². The second kappa shape index (κ2) is 7.51. The molecule has 1 N–H and O–H groups in total. The SMILES string of the molecule is CC(C)CC(CBr)NC(=O)c1cccc(Br)c1Cl. The number of hydrogen-bond donors (Lipinski definition) is 1. The van der Waals surface area contributed by atoms with Gasteiger partial charge in [0.2, 0.25) is 0 Å². The number of benzene rings is 1. The van der Waals surface area contributed by atoms with Gasteiger partial charge < -0.3 is 5.32 Å². The van der Waals surface area contributed by atoms with Gasteiger partial charge in [-0.25, -0.2) is 0 Å². The second-order valence-electron chi connectivity index (χ2n) is 4.56. The molecule has 1 aromatic rings. The highest BCUT2D eigenvalue weighted by atomic mass is 79.9. The minimum Gasteiger partial charge on any atom is -0.348 e. The monoisotopic (exact) mass is 395 g/mol. The van der Waals surface area contributed by atoms with Gasteiger partial charge in [-0.3, -0.25) is 4.79 Å². The van der Waals surface area contributed by atoms with E-state index in [4.69, 9.17) is 11.6 Å². The van der Waals surface area contributed by atoms with Crippen LogP contribution in [0.15, 0.2) is 22.7 Å². The summed E-state index contributed by atoms with van der Waals surface area (Å²) < 4.78 is 0.732. The van der Waals surface area contributed by atoms with Gasteiger partial charge in [0.15, 0.2) is 0 Å². The Hall–Kier alpha value is -0.0600. The van der Waals surface area contributed by atoms with Crippen molar-refractivity contribution < 1.29 is 4.79 Å². The molecule has 0 aliphatic carbocycles. The number of carbonyl (C=O) groups excluding carboxylic acids is 1. The number of carbonyl (C=O) groups is 1. The molecule has 1 amide bonds. The van der Waals surface area contributed by atoms with Crippen LogP contribution in [0, 0.1) is 5.92 Å². The Morgan fingerprint density at radius 3 is 2.67 bits per heavy atom. The van der Waals surface area contributed by atoms with Gasteiger partial charge in [0.1, 0.15) is 0 Å². The summed E-state index contributed by atoms with van der Waals surface area (Å²) in [6.07, 6.45) is 0.933. The number of nitrogens with one attached hydrogen (secondary N) is 1. The molecule has 0 heterocycles. The van der Waals surface area contributed by atoms with Crippen molar-refractivity contribution in [3.8, 4) is 0 Å². The summed E-state index contributed by atoms with van der Waals surface area (Å²) in [5, 5.41) is 4.18. The van der Waals surface area contributed by atoms with Crippen molar-refractivity contribution >= 4 is 49.4 Å². The zero-order valence-electron chi connectivity index (χ0n) is 10.3. The molecule has 0 spiro atoms. The topological polar surface area (TPSA) is 29.1 Å². The van der Waals surface area contributed by atoms with Crippen LogP contribution in [0.25, 0.3) is 0 Å². The summed E-state index contributed by atoms with van der Waals surface area (Å²) in [7, 11) is 0. The van der Waals surface area contributed by atoms with E-state index in [0.717, 1.165) is 16.2 Å². The molecule has 0 aromatic heterocycles. The van der Waals surface area contributed by atoms with Gasteiger partial charge in [0.25, 0.3) is 5.91 Å². The van der Waals surface area contributed by atoms with Crippen molar-refractivity contribution in [1.29, 1.82) is 0 Å². The summed E-state index contributed by atoms with van der Waals surface area (Å²) in [5.74, 6) is 0.400. The molecule has 1 unspecified atom stereocenters. The fourth-order valence-corrected chi connectivity index (χ4v) is 2.68. The number of amides is 1. The zero-order valence-corrected chi connectivity index (χ0v) is 14.3. The Morgan fingerprint density at radius 2 is 2.11 bits per heavy atom. The van der Waals surface area contributed by atoms with Gasteiger partial charge in [0, 0.05) is 15.8 Å². The number of rotatable bonds is 5. The first-order valence-corrected chi connectivity index (χ1v) is 8.05. The van der Waals surface area contributed by atoms with Gasteiger partial charge in [0.05, 0.1) is 10.6 Å². The van der Waals surface area contributed by atoms with Gasteiger partial charge in [-0.15, -0.1) is 0 Å². The number of hydrogen-bond acceptors (Lipinski definition) is 1. The van der Waals surface area contributed by atoms with E-state index in [0.29, 0.717) is 16.5 Å². The number of halogens is 3. The van der Waals surface area contributed by atoms with E-state index in [1.807, 2.05) is 6.07 Å². The molecule has 0 saturated carbocycles. The van der Waals surface area contributed by atoms with Crippen LogP contribution in [0.3, 0.4) is 0 Å². The van der Waals surface area contributed by atoms with Crippen LogP contribution in [0.2, 0.25) is 5.02 Å². The van der Waals surface area contributed by atoms with Crippen LogP contribution in [0.5, 0.6) is 0 Å². The minimum atomic E-state index is -0.133. The van der Waals surface area contributed by atoms with Gasteiger partial charge in [-0.2, -0.15) is 0 Å². The second-order valence-corrected chi connectivity index (χ2v) is 6.44. The zero-order chi connectivity index (χ0) is 13.7. The molecule has 0 aliphatic heterocycles. The lowest BCUT2D eigenvalue weighted by molar-refractivity contribution is 0.0937. The van der Waals surface area contributed by atoms with Crippen LogP contribution in [0.4, 0.5) is 0 Å². The number of alkyl halides is 1. The predicted molar refractivity (Wildman–Crippen MR) is 83.7 cm³/mol. The van der Waals surface area contributed by atoms with E-state index in [9.17, 15) is 4.79 Å². The Balaban J connectivity index is 2.78. The van der Waals surface area contributed by atoms with E-state index in [1.54, 1.807) is 12.1 Å². The highest BCUT2D eigenvalue weighted by Crippen LogP contribution is 2.26. The standard InChI is InChI=1S/C13H16Br2ClNO/c1-8(2)6-9(7-14)17-13(18)10-4-3-5-11(15)12(10)16/h3-5,8-9H,6-7H2,1-2H3,(H,17,18). The summed E-state index contributed by atoms with van der Waals surface area (Å²) in [6, 6.07) is 5.46. The van der Waals surface area contributed by atoms with Crippen molar-refractivity contribution in [3.63, 3.8) is 0 Å². The lowest BCUT2D eigenvalue weighted by Crippen LogP contribution is -2.37. The molecular weight excluding hydrogens is 381 g/mol. The van der Waals surface area contributed by atoms with E-state index in [-0.39, 0.29) is 11.9 Å². The molecular formula is C13H16Br2ClNO. The fourth-order valence-electron chi connectivity index (χ4n) is 1.67. The third-order valence-corrected chi connectivity index (χ3v) is 4.55. The third-order valence-electron chi connectivity index (χ3n) is 2.47. The van der Waals surface area contributed by atoms with Gasteiger partial charge >= 0.3 is 0 Å². The van der Waals surface area contributed by atoms with Gasteiger partial charge in [-0.1, -0.05) is 47.4 Å². The molecule has 0 saturated heterocycles. The Labute approximate surface area is 130 Å². The van der Waals surface area contributed by atoms with Crippen LogP contribution in [0.1, 0.15) is 30.6 Å². The van der Waals surface area contributed by atoms with Crippen molar-refractivity contribution in [2.75, 3.05) is 5.33 Å².